The minimum atomic E-state index is -1.34. The van der Waals surface area contributed by atoms with Gasteiger partial charge in [-0.2, -0.15) is 5.12 Å². The smallest absolute Gasteiger partial charge is 0.438 e. The number of amides is 1. The second-order valence-corrected chi connectivity index (χ2v) is 5.54. The Labute approximate surface area is 152 Å². The molecule has 0 radical (unpaired) electrons. The van der Waals surface area contributed by atoms with Gasteiger partial charge in [0.2, 0.25) is 0 Å². The zero-order chi connectivity index (χ0) is 19.4. The highest BCUT2D eigenvalue weighted by atomic mass is 16.6. The van der Waals surface area contributed by atoms with Crippen LogP contribution in [-0.4, -0.2) is 33.3 Å². The van der Waals surface area contributed by atoms with Crippen molar-refractivity contribution in [3.8, 4) is 5.75 Å². The fourth-order valence-corrected chi connectivity index (χ4v) is 2.50. The summed E-state index contributed by atoms with van der Waals surface area (Å²) in [6, 6.07) is 11.9. The first-order valence-electron chi connectivity index (χ1n) is 7.77. The molecule has 0 bridgehead atoms. The Hall–Kier alpha value is -3.54. The molecule has 2 unspecified atom stereocenters. The standard InChI is InChI=1S/C16H15N5O6/c22-15(27-12-4-2-1-3-5-12)14-13(18-20(16(23)24)19-17-14)10-6-8-11(9-7-10)21(25)26/h1-9,13-14,17-19H,(H,23,24). The van der Waals surface area contributed by atoms with Gasteiger partial charge < -0.3 is 9.84 Å². The summed E-state index contributed by atoms with van der Waals surface area (Å²) in [4.78, 5) is 34.0. The molecule has 2 aromatic carbocycles. The van der Waals surface area contributed by atoms with Gasteiger partial charge in [0.25, 0.3) is 5.69 Å². The highest BCUT2D eigenvalue weighted by Gasteiger charge is 2.38. The molecular formula is C16H15N5O6. The zero-order valence-corrected chi connectivity index (χ0v) is 13.7. The quantitative estimate of drug-likeness (QED) is 0.268. The number of carboxylic acid groups (broad SMARTS) is 1. The van der Waals surface area contributed by atoms with Crippen molar-refractivity contribution < 1.29 is 24.4 Å². The zero-order valence-electron chi connectivity index (χ0n) is 13.7. The van der Waals surface area contributed by atoms with Gasteiger partial charge in [0.1, 0.15) is 11.8 Å². The van der Waals surface area contributed by atoms with E-state index in [4.69, 9.17) is 9.84 Å². The molecule has 1 heterocycles. The van der Waals surface area contributed by atoms with Crippen molar-refractivity contribution in [2.75, 3.05) is 0 Å². The van der Waals surface area contributed by atoms with Gasteiger partial charge >= 0.3 is 12.1 Å². The summed E-state index contributed by atoms with van der Waals surface area (Å²) in [6.07, 6.45) is -1.34. The van der Waals surface area contributed by atoms with Gasteiger partial charge in [0.05, 0.1) is 11.0 Å². The second-order valence-electron chi connectivity index (χ2n) is 5.54. The van der Waals surface area contributed by atoms with Crippen LogP contribution in [0.5, 0.6) is 5.75 Å². The number of para-hydroxylation sites is 1. The van der Waals surface area contributed by atoms with Crippen LogP contribution in [0.3, 0.4) is 0 Å². The lowest BCUT2D eigenvalue weighted by Crippen LogP contribution is -2.70. The van der Waals surface area contributed by atoms with Crippen molar-refractivity contribution in [3.63, 3.8) is 0 Å². The van der Waals surface area contributed by atoms with Crippen LogP contribution in [-0.2, 0) is 4.79 Å². The Bertz CT molecular complexity index is 844. The number of carbonyl (C=O) groups is 2. The summed E-state index contributed by atoms with van der Waals surface area (Å²) in [5.74, 6) is -0.345. The van der Waals surface area contributed by atoms with Gasteiger partial charge in [-0.05, 0) is 17.7 Å². The molecule has 11 heteroatoms. The minimum Gasteiger partial charge on any atom is -0.463 e. The van der Waals surface area contributed by atoms with Crippen molar-refractivity contribution in [3.05, 3.63) is 70.3 Å². The normalized spacial score (nSPS) is 19.3. The van der Waals surface area contributed by atoms with Crippen molar-refractivity contribution in [2.45, 2.75) is 12.1 Å². The Morgan fingerprint density at radius 3 is 2.37 bits per heavy atom. The molecule has 0 aromatic heterocycles. The molecule has 1 aliphatic heterocycles. The maximum absolute atomic E-state index is 12.6. The van der Waals surface area contributed by atoms with Gasteiger partial charge in [-0.1, -0.05) is 30.3 Å². The van der Waals surface area contributed by atoms with Crippen LogP contribution >= 0.6 is 0 Å². The van der Waals surface area contributed by atoms with Crippen LogP contribution in [0.15, 0.2) is 54.6 Å². The van der Waals surface area contributed by atoms with E-state index in [0.717, 1.165) is 0 Å². The third kappa shape index (κ3) is 4.17. The molecule has 2 atom stereocenters. The van der Waals surface area contributed by atoms with Gasteiger partial charge in [0, 0.05) is 12.1 Å². The molecule has 0 saturated carbocycles. The summed E-state index contributed by atoms with van der Waals surface area (Å²) >= 11 is 0. The lowest BCUT2D eigenvalue weighted by molar-refractivity contribution is -0.384. The molecule has 4 N–H and O–H groups in total. The van der Waals surface area contributed by atoms with Crippen LogP contribution in [0.4, 0.5) is 10.5 Å². The summed E-state index contributed by atoms with van der Waals surface area (Å²) in [7, 11) is 0. The molecule has 1 amide bonds. The molecule has 1 fully saturated rings. The predicted octanol–water partition coefficient (Wildman–Crippen LogP) is 1.12. The van der Waals surface area contributed by atoms with E-state index < -0.39 is 29.1 Å². The van der Waals surface area contributed by atoms with E-state index in [2.05, 4.69) is 16.4 Å². The Morgan fingerprint density at radius 1 is 1.11 bits per heavy atom. The van der Waals surface area contributed by atoms with E-state index in [9.17, 15) is 19.7 Å². The Kier molecular flexibility index (Phi) is 5.26. The minimum absolute atomic E-state index is 0.126. The predicted molar refractivity (Wildman–Crippen MR) is 91.0 cm³/mol. The third-order valence-electron chi connectivity index (χ3n) is 3.80. The number of non-ortho nitro benzene ring substituents is 1. The first-order valence-corrected chi connectivity index (χ1v) is 7.77. The number of nitro benzene ring substituents is 1. The summed E-state index contributed by atoms with van der Waals surface area (Å²) < 4.78 is 5.31. The third-order valence-corrected chi connectivity index (χ3v) is 3.80. The number of nitro groups is 1. The lowest BCUT2D eigenvalue weighted by Gasteiger charge is -2.37. The van der Waals surface area contributed by atoms with Gasteiger partial charge in [-0.25, -0.2) is 20.4 Å². The van der Waals surface area contributed by atoms with Gasteiger partial charge in [-0.15, -0.1) is 5.53 Å². The average molecular weight is 373 g/mol. The molecule has 0 spiro atoms. The van der Waals surface area contributed by atoms with Crippen molar-refractivity contribution in [1.29, 1.82) is 0 Å². The van der Waals surface area contributed by atoms with Gasteiger partial charge in [-0.3, -0.25) is 10.1 Å². The fraction of sp³-hybridized carbons (Fsp3) is 0.125. The Balaban J connectivity index is 1.85. The molecule has 0 aliphatic carbocycles. The Morgan fingerprint density at radius 2 is 1.78 bits per heavy atom. The van der Waals surface area contributed by atoms with Crippen LogP contribution in [0.25, 0.3) is 0 Å². The first kappa shape index (κ1) is 18.3. The molecule has 1 saturated heterocycles. The molecular weight excluding hydrogens is 358 g/mol. The van der Waals surface area contributed by atoms with E-state index >= 15 is 0 Å². The maximum Gasteiger partial charge on any atom is 0.438 e. The second kappa shape index (κ2) is 7.78. The monoisotopic (exact) mass is 373 g/mol. The van der Waals surface area contributed by atoms with Crippen LogP contribution in [0, 0.1) is 10.1 Å². The van der Waals surface area contributed by atoms with E-state index in [0.29, 0.717) is 16.4 Å². The molecule has 1 aliphatic rings. The van der Waals surface area contributed by atoms with Crippen LogP contribution in [0.2, 0.25) is 0 Å². The van der Waals surface area contributed by atoms with Crippen molar-refractivity contribution in [1.82, 2.24) is 21.5 Å². The largest absolute Gasteiger partial charge is 0.463 e. The van der Waals surface area contributed by atoms with Crippen molar-refractivity contribution in [2.24, 2.45) is 0 Å². The van der Waals surface area contributed by atoms with Gasteiger partial charge in [0.15, 0.2) is 0 Å². The number of ether oxygens (including phenoxy) is 1. The number of hydrazine groups is 3. The number of esters is 1. The van der Waals surface area contributed by atoms with E-state index in [1.807, 2.05) is 0 Å². The maximum atomic E-state index is 12.6. The molecule has 27 heavy (non-hydrogen) atoms. The highest BCUT2D eigenvalue weighted by Crippen LogP contribution is 2.23. The summed E-state index contributed by atoms with van der Waals surface area (Å²) in [5, 5.41) is 20.6. The topological polar surface area (TPSA) is 146 Å². The highest BCUT2D eigenvalue weighted by molar-refractivity contribution is 5.79. The molecule has 140 valence electrons. The SMILES string of the molecule is O=C(Oc1ccccc1)C1NNN(C(=O)O)NC1c1ccc([N+](=O)[O-])cc1. The number of hydrogen-bond donors (Lipinski definition) is 4. The van der Waals surface area contributed by atoms with E-state index in [-0.39, 0.29) is 5.69 Å². The number of hydrogen-bond acceptors (Lipinski definition) is 8. The molecule has 3 rings (SSSR count). The lowest BCUT2D eigenvalue weighted by atomic mass is 9.99. The number of carbonyl (C=O) groups excluding carboxylic acids is 1. The molecule has 2 aromatic rings. The summed E-state index contributed by atoms with van der Waals surface area (Å²) in [6.45, 7) is 0. The van der Waals surface area contributed by atoms with Crippen molar-refractivity contribution >= 4 is 17.7 Å². The number of benzene rings is 2. The summed E-state index contributed by atoms with van der Waals surface area (Å²) in [5.41, 5.74) is 7.86. The average Bonchev–Trinajstić information content (AvgIpc) is 2.68. The van der Waals surface area contributed by atoms with E-state index in [1.54, 1.807) is 30.3 Å². The molecule has 11 nitrogen and oxygen atoms in total. The first-order chi connectivity index (χ1) is 13.0. The van der Waals surface area contributed by atoms with E-state index in [1.165, 1.54) is 24.3 Å². The number of nitrogens with zero attached hydrogens (tertiary/aromatic N) is 2. The van der Waals surface area contributed by atoms with Crippen LogP contribution < -0.4 is 21.1 Å². The number of nitrogens with one attached hydrogen (secondary N) is 3. The fourth-order valence-electron chi connectivity index (χ4n) is 2.50. The number of rotatable bonds is 4. The van der Waals surface area contributed by atoms with Crippen LogP contribution in [0.1, 0.15) is 11.6 Å².